The van der Waals surface area contributed by atoms with E-state index in [1.807, 2.05) is 18.2 Å². The molecule has 0 aliphatic heterocycles. The van der Waals surface area contributed by atoms with Crippen LogP contribution in [-0.4, -0.2) is 11.4 Å². The minimum atomic E-state index is -0.637. The normalized spacial score (nSPS) is 17.3. The SMILES string of the molecule is NC1(C(=O)Nc2cc(Br)ccc2Br)CC1. The second kappa shape index (κ2) is 3.88. The first-order valence-corrected chi connectivity index (χ1v) is 6.15. The van der Waals surface area contributed by atoms with Gasteiger partial charge in [0.05, 0.1) is 11.2 Å². The van der Waals surface area contributed by atoms with Crippen molar-refractivity contribution in [3.8, 4) is 0 Å². The van der Waals surface area contributed by atoms with Crippen molar-refractivity contribution in [2.75, 3.05) is 5.32 Å². The van der Waals surface area contributed by atoms with Crippen molar-refractivity contribution in [2.45, 2.75) is 18.4 Å². The maximum Gasteiger partial charge on any atom is 0.244 e. The number of anilines is 1. The Bertz CT molecular complexity index is 416. The van der Waals surface area contributed by atoms with Crippen molar-refractivity contribution < 1.29 is 4.79 Å². The summed E-state index contributed by atoms with van der Waals surface area (Å²) >= 11 is 6.72. The lowest BCUT2D eigenvalue weighted by molar-refractivity contribution is -0.118. The van der Waals surface area contributed by atoms with Crippen molar-refractivity contribution in [1.29, 1.82) is 0 Å². The second-order valence-electron chi connectivity index (χ2n) is 3.73. The fourth-order valence-electron chi connectivity index (χ4n) is 1.20. The summed E-state index contributed by atoms with van der Waals surface area (Å²) in [7, 11) is 0. The molecule has 1 amide bonds. The summed E-state index contributed by atoms with van der Waals surface area (Å²) in [5.74, 6) is -0.110. The molecule has 1 aliphatic rings. The molecule has 0 aromatic heterocycles. The van der Waals surface area contributed by atoms with Gasteiger partial charge in [0.25, 0.3) is 0 Å². The van der Waals surface area contributed by atoms with Crippen LogP contribution in [0.15, 0.2) is 27.1 Å². The molecule has 0 atom stereocenters. The van der Waals surface area contributed by atoms with Crippen molar-refractivity contribution in [3.63, 3.8) is 0 Å². The molecule has 0 unspecified atom stereocenters. The number of hydrogen-bond acceptors (Lipinski definition) is 2. The van der Waals surface area contributed by atoms with Crippen molar-refractivity contribution in [3.05, 3.63) is 27.1 Å². The van der Waals surface area contributed by atoms with E-state index in [1.54, 1.807) is 0 Å². The van der Waals surface area contributed by atoms with Gasteiger partial charge < -0.3 is 11.1 Å². The third-order valence-electron chi connectivity index (χ3n) is 2.42. The first kappa shape index (κ1) is 11.1. The van der Waals surface area contributed by atoms with Gasteiger partial charge in [0, 0.05) is 8.95 Å². The number of nitrogens with one attached hydrogen (secondary N) is 1. The summed E-state index contributed by atoms with van der Waals surface area (Å²) in [5, 5.41) is 2.81. The van der Waals surface area contributed by atoms with Crippen LogP contribution in [0.2, 0.25) is 0 Å². The molecule has 80 valence electrons. The molecule has 1 saturated carbocycles. The molecule has 3 N–H and O–H groups in total. The van der Waals surface area contributed by atoms with Crippen LogP contribution in [-0.2, 0) is 4.79 Å². The van der Waals surface area contributed by atoms with Gasteiger partial charge in [-0.05, 0) is 47.0 Å². The Balaban J connectivity index is 2.16. The van der Waals surface area contributed by atoms with E-state index in [0.29, 0.717) is 0 Å². The van der Waals surface area contributed by atoms with E-state index in [2.05, 4.69) is 37.2 Å². The van der Waals surface area contributed by atoms with Gasteiger partial charge in [0.15, 0.2) is 0 Å². The zero-order chi connectivity index (χ0) is 11.1. The Morgan fingerprint density at radius 3 is 2.67 bits per heavy atom. The van der Waals surface area contributed by atoms with Crippen molar-refractivity contribution in [1.82, 2.24) is 0 Å². The summed E-state index contributed by atoms with van der Waals surface area (Å²) in [5.41, 5.74) is 5.89. The largest absolute Gasteiger partial charge is 0.323 e. The van der Waals surface area contributed by atoms with Gasteiger partial charge in [-0.1, -0.05) is 15.9 Å². The van der Waals surface area contributed by atoms with Crippen LogP contribution < -0.4 is 11.1 Å². The highest BCUT2D eigenvalue weighted by atomic mass is 79.9. The van der Waals surface area contributed by atoms with E-state index in [1.165, 1.54) is 0 Å². The van der Waals surface area contributed by atoms with Crippen LogP contribution in [0.1, 0.15) is 12.8 Å². The molecule has 1 aromatic carbocycles. The first-order valence-electron chi connectivity index (χ1n) is 4.57. The number of amides is 1. The lowest BCUT2D eigenvalue weighted by atomic mass is 10.2. The Morgan fingerprint density at radius 1 is 1.40 bits per heavy atom. The number of benzene rings is 1. The molecule has 2 rings (SSSR count). The highest BCUT2D eigenvalue weighted by Gasteiger charge is 2.46. The van der Waals surface area contributed by atoms with E-state index >= 15 is 0 Å². The molecule has 5 heteroatoms. The van der Waals surface area contributed by atoms with Gasteiger partial charge in [0.2, 0.25) is 5.91 Å². The van der Waals surface area contributed by atoms with Crippen LogP contribution in [0.25, 0.3) is 0 Å². The number of carbonyl (C=O) groups is 1. The quantitative estimate of drug-likeness (QED) is 0.874. The predicted molar refractivity (Wildman–Crippen MR) is 66.6 cm³/mol. The van der Waals surface area contributed by atoms with Crippen molar-refractivity contribution >= 4 is 43.5 Å². The smallest absolute Gasteiger partial charge is 0.244 e. The number of hydrogen-bond donors (Lipinski definition) is 2. The van der Waals surface area contributed by atoms with Crippen LogP contribution in [0.3, 0.4) is 0 Å². The Labute approximate surface area is 105 Å². The lowest BCUT2D eigenvalue weighted by Gasteiger charge is -2.11. The van der Waals surface area contributed by atoms with E-state index in [9.17, 15) is 4.79 Å². The third-order valence-corrected chi connectivity index (χ3v) is 3.60. The molecule has 15 heavy (non-hydrogen) atoms. The van der Waals surface area contributed by atoms with Gasteiger partial charge in [-0.2, -0.15) is 0 Å². The fraction of sp³-hybridized carbons (Fsp3) is 0.300. The van der Waals surface area contributed by atoms with Gasteiger partial charge in [-0.3, -0.25) is 4.79 Å². The van der Waals surface area contributed by atoms with Crippen LogP contribution in [0.5, 0.6) is 0 Å². The summed E-state index contributed by atoms with van der Waals surface area (Å²) in [6.45, 7) is 0. The average Bonchev–Trinajstić information content (AvgIpc) is 2.91. The van der Waals surface area contributed by atoms with Gasteiger partial charge in [-0.25, -0.2) is 0 Å². The zero-order valence-corrected chi connectivity index (χ0v) is 11.1. The molecule has 1 aliphatic carbocycles. The minimum absolute atomic E-state index is 0.110. The standard InChI is InChI=1S/C10H10Br2N2O/c11-6-1-2-7(12)8(5-6)14-9(15)10(13)3-4-10/h1-2,5H,3-4,13H2,(H,14,15). The zero-order valence-electron chi connectivity index (χ0n) is 7.89. The lowest BCUT2D eigenvalue weighted by Crippen LogP contribution is -2.37. The van der Waals surface area contributed by atoms with Crippen molar-refractivity contribution in [2.24, 2.45) is 5.73 Å². The number of rotatable bonds is 2. The monoisotopic (exact) mass is 332 g/mol. The van der Waals surface area contributed by atoms with Gasteiger partial charge in [-0.15, -0.1) is 0 Å². The maximum atomic E-state index is 11.7. The minimum Gasteiger partial charge on any atom is -0.323 e. The van der Waals surface area contributed by atoms with E-state index in [-0.39, 0.29) is 5.91 Å². The van der Waals surface area contributed by atoms with Gasteiger partial charge in [0.1, 0.15) is 0 Å². The second-order valence-corrected chi connectivity index (χ2v) is 5.50. The van der Waals surface area contributed by atoms with E-state index in [4.69, 9.17) is 5.73 Å². The average molecular weight is 334 g/mol. The molecule has 0 bridgehead atoms. The highest BCUT2D eigenvalue weighted by Crippen LogP contribution is 2.34. The third kappa shape index (κ3) is 2.41. The van der Waals surface area contributed by atoms with Gasteiger partial charge >= 0.3 is 0 Å². The number of halogens is 2. The van der Waals surface area contributed by atoms with E-state index < -0.39 is 5.54 Å². The Morgan fingerprint density at radius 2 is 2.07 bits per heavy atom. The van der Waals surface area contributed by atoms with Crippen LogP contribution in [0.4, 0.5) is 5.69 Å². The molecule has 0 spiro atoms. The Hall–Kier alpha value is -0.390. The molecule has 0 heterocycles. The Kier molecular flexibility index (Phi) is 2.87. The predicted octanol–water partition coefficient (Wildman–Crippen LogP) is 2.64. The van der Waals surface area contributed by atoms with Crippen LogP contribution >= 0.6 is 31.9 Å². The van der Waals surface area contributed by atoms with Crippen LogP contribution in [0, 0.1) is 0 Å². The molecule has 0 radical (unpaired) electrons. The molecule has 1 fully saturated rings. The van der Waals surface area contributed by atoms with E-state index in [0.717, 1.165) is 27.5 Å². The highest BCUT2D eigenvalue weighted by molar-refractivity contribution is 9.11. The number of carbonyl (C=O) groups excluding carboxylic acids is 1. The molecule has 0 saturated heterocycles. The first-order chi connectivity index (χ1) is 7.01. The topological polar surface area (TPSA) is 55.1 Å². The molecule has 3 nitrogen and oxygen atoms in total. The molecular formula is C10H10Br2N2O. The molecule has 1 aromatic rings. The summed E-state index contributed by atoms with van der Waals surface area (Å²) < 4.78 is 1.77. The molecular weight excluding hydrogens is 324 g/mol. The number of nitrogens with two attached hydrogens (primary N) is 1. The summed E-state index contributed by atoms with van der Waals surface area (Å²) in [4.78, 5) is 11.7. The summed E-state index contributed by atoms with van der Waals surface area (Å²) in [6, 6.07) is 5.61. The maximum absolute atomic E-state index is 11.7. The fourth-order valence-corrected chi connectivity index (χ4v) is 1.91. The summed E-state index contributed by atoms with van der Waals surface area (Å²) in [6.07, 6.45) is 1.54.